The zero-order valence-electron chi connectivity index (χ0n) is 19.8. The summed E-state index contributed by atoms with van der Waals surface area (Å²) >= 11 is 1.30. The minimum atomic E-state index is -0.415. The molecule has 0 aromatic heterocycles. The third-order valence-electron chi connectivity index (χ3n) is 5.61. The van der Waals surface area contributed by atoms with Crippen LogP contribution in [0.25, 0.3) is 0 Å². The molecule has 29 heavy (non-hydrogen) atoms. The topological polar surface area (TPSA) is 57.5 Å². The Balaban J connectivity index is 3.41. The van der Waals surface area contributed by atoms with Crippen LogP contribution in [0.3, 0.4) is 0 Å². The lowest BCUT2D eigenvalue weighted by Crippen LogP contribution is -2.24. The van der Waals surface area contributed by atoms with Crippen LogP contribution in [-0.2, 0) is 22.0 Å². The molecule has 4 heteroatoms. The first-order chi connectivity index (χ1) is 13.3. The second-order valence-electron chi connectivity index (χ2n) is 10.2. The number of aromatic hydroxyl groups is 1. The van der Waals surface area contributed by atoms with E-state index in [0.29, 0.717) is 11.7 Å². The number of hydrogen-bond acceptors (Lipinski definition) is 4. The molecule has 0 bridgehead atoms. The van der Waals surface area contributed by atoms with Gasteiger partial charge in [0.25, 0.3) is 0 Å². The van der Waals surface area contributed by atoms with E-state index in [0.717, 1.165) is 48.8 Å². The summed E-state index contributed by atoms with van der Waals surface area (Å²) in [4.78, 5) is 12.1. The van der Waals surface area contributed by atoms with Crippen LogP contribution in [0.1, 0.15) is 97.8 Å². The molecule has 2 unspecified atom stereocenters. The second-order valence-corrected chi connectivity index (χ2v) is 11.5. The molecule has 0 radical (unpaired) electrons. The molecule has 1 aromatic rings. The number of phenols is 1. The van der Waals surface area contributed by atoms with Crippen molar-refractivity contribution < 1.29 is 15.0 Å². The molecular formula is C25H42O3S. The lowest BCUT2D eigenvalue weighted by Gasteiger charge is -2.30. The molecule has 2 atom stereocenters. The second kappa shape index (κ2) is 10.9. The van der Waals surface area contributed by atoms with Crippen molar-refractivity contribution in [2.45, 2.75) is 104 Å². The smallest absolute Gasteiger partial charge is 0.214 e. The van der Waals surface area contributed by atoms with E-state index in [1.54, 1.807) is 0 Å². The molecule has 0 saturated heterocycles. The highest BCUT2D eigenvalue weighted by molar-refractivity contribution is 8.14. The number of carbonyl (C=O) groups is 1. The maximum atomic E-state index is 12.1. The number of carbonyl (C=O) groups excluding carboxylic acids is 1. The van der Waals surface area contributed by atoms with Gasteiger partial charge in [-0.2, -0.15) is 0 Å². The third kappa shape index (κ3) is 7.64. The molecule has 3 nitrogen and oxygen atoms in total. The molecular weight excluding hydrogens is 380 g/mol. The van der Waals surface area contributed by atoms with Crippen molar-refractivity contribution in [3.63, 3.8) is 0 Å². The summed E-state index contributed by atoms with van der Waals surface area (Å²) < 4.78 is 0. The van der Waals surface area contributed by atoms with Gasteiger partial charge in [-0.15, -0.1) is 0 Å². The van der Waals surface area contributed by atoms with E-state index >= 15 is 0 Å². The van der Waals surface area contributed by atoms with E-state index in [1.807, 2.05) is 0 Å². The Kier molecular flexibility index (Phi) is 9.75. The first kappa shape index (κ1) is 26.0. The average molecular weight is 423 g/mol. The van der Waals surface area contributed by atoms with Gasteiger partial charge in [0.2, 0.25) is 5.12 Å². The van der Waals surface area contributed by atoms with Crippen LogP contribution in [0.4, 0.5) is 0 Å². The van der Waals surface area contributed by atoms with Crippen LogP contribution in [0, 0.1) is 5.92 Å². The number of benzene rings is 1. The standard InChI is InChI=1S/C25H42O3S/c1-9-11-12-18(10-2)21(29-22(27)16-26)15-17-13-19(24(3,4)5)23(28)20(14-17)25(6,7)8/h13-14,18,21,26,28H,9-12,15-16H2,1-8H3. The van der Waals surface area contributed by atoms with Gasteiger partial charge in [0.05, 0.1) is 0 Å². The van der Waals surface area contributed by atoms with E-state index in [4.69, 9.17) is 0 Å². The minimum Gasteiger partial charge on any atom is -0.507 e. The third-order valence-corrected chi connectivity index (χ3v) is 6.86. The summed E-state index contributed by atoms with van der Waals surface area (Å²) in [7, 11) is 0. The molecule has 1 aromatic carbocycles. The number of aliphatic hydroxyl groups excluding tert-OH is 1. The molecule has 0 saturated carbocycles. The van der Waals surface area contributed by atoms with Crippen LogP contribution in [0.15, 0.2) is 12.1 Å². The highest BCUT2D eigenvalue weighted by atomic mass is 32.2. The zero-order chi connectivity index (χ0) is 22.4. The highest BCUT2D eigenvalue weighted by Crippen LogP contribution is 2.41. The molecule has 0 aliphatic heterocycles. The summed E-state index contributed by atoms with van der Waals surface area (Å²) in [5.41, 5.74) is 2.74. The van der Waals surface area contributed by atoms with Gasteiger partial charge < -0.3 is 10.2 Å². The Morgan fingerprint density at radius 3 is 1.93 bits per heavy atom. The monoisotopic (exact) mass is 422 g/mol. The van der Waals surface area contributed by atoms with Gasteiger partial charge >= 0.3 is 0 Å². The number of aliphatic hydroxyl groups is 1. The van der Waals surface area contributed by atoms with E-state index in [1.165, 1.54) is 11.8 Å². The predicted octanol–water partition coefficient (Wildman–Crippen LogP) is 6.37. The fraction of sp³-hybridized carbons (Fsp3) is 0.720. The van der Waals surface area contributed by atoms with Gasteiger partial charge in [0.1, 0.15) is 12.4 Å². The van der Waals surface area contributed by atoms with Crippen LogP contribution in [0.5, 0.6) is 5.75 Å². The van der Waals surface area contributed by atoms with E-state index in [-0.39, 0.29) is 21.2 Å². The van der Waals surface area contributed by atoms with Crippen LogP contribution < -0.4 is 0 Å². The highest BCUT2D eigenvalue weighted by Gasteiger charge is 2.29. The first-order valence-corrected chi connectivity index (χ1v) is 11.9. The molecule has 0 aliphatic rings. The van der Waals surface area contributed by atoms with E-state index < -0.39 is 6.61 Å². The maximum Gasteiger partial charge on any atom is 0.214 e. The lowest BCUT2D eigenvalue weighted by molar-refractivity contribution is -0.113. The minimum absolute atomic E-state index is 0.136. The Morgan fingerprint density at radius 2 is 1.55 bits per heavy atom. The summed E-state index contributed by atoms with van der Waals surface area (Å²) in [5.74, 6) is 0.822. The number of rotatable bonds is 9. The van der Waals surface area contributed by atoms with Gasteiger partial charge in [-0.25, -0.2) is 0 Å². The summed E-state index contributed by atoms with van der Waals surface area (Å²) in [6.45, 7) is 16.7. The number of unbranched alkanes of at least 4 members (excludes halogenated alkanes) is 1. The van der Waals surface area contributed by atoms with E-state index in [2.05, 4.69) is 67.5 Å². The van der Waals surface area contributed by atoms with Gasteiger partial charge in [-0.1, -0.05) is 98.5 Å². The van der Waals surface area contributed by atoms with Crippen molar-refractivity contribution in [1.82, 2.24) is 0 Å². The largest absolute Gasteiger partial charge is 0.507 e. The molecule has 0 amide bonds. The quantitative estimate of drug-likeness (QED) is 0.486. The maximum absolute atomic E-state index is 12.1. The molecule has 2 N–H and O–H groups in total. The fourth-order valence-electron chi connectivity index (χ4n) is 3.82. The zero-order valence-corrected chi connectivity index (χ0v) is 20.6. The molecule has 0 fully saturated rings. The summed E-state index contributed by atoms with van der Waals surface area (Å²) in [6, 6.07) is 4.24. The Bertz CT molecular complexity index is 633. The van der Waals surface area contributed by atoms with Gasteiger partial charge in [0.15, 0.2) is 0 Å². The summed E-state index contributed by atoms with van der Waals surface area (Å²) in [6.07, 6.45) is 5.18. The van der Waals surface area contributed by atoms with Gasteiger partial charge in [0, 0.05) is 5.25 Å². The Labute approximate surface area is 182 Å². The average Bonchev–Trinajstić information content (AvgIpc) is 2.61. The van der Waals surface area contributed by atoms with Crippen molar-refractivity contribution in [1.29, 1.82) is 0 Å². The van der Waals surface area contributed by atoms with Gasteiger partial charge in [-0.3, -0.25) is 4.79 Å². The molecule has 0 aliphatic carbocycles. The van der Waals surface area contributed by atoms with Crippen LogP contribution >= 0.6 is 11.8 Å². The normalized spacial score (nSPS) is 14.7. The Hall–Kier alpha value is -1.00. The van der Waals surface area contributed by atoms with Crippen molar-refractivity contribution >= 4 is 16.9 Å². The number of phenolic OH excluding ortho intramolecular Hbond substituents is 1. The van der Waals surface area contributed by atoms with Crippen molar-refractivity contribution in [3.05, 3.63) is 28.8 Å². The number of thioether (sulfide) groups is 1. The molecule has 0 spiro atoms. The predicted molar refractivity (Wildman–Crippen MR) is 126 cm³/mol. The number of hydrogen-bond donors (Lipinski definition) is 2. The van der Waals surface area contributed by atoms with Crippen LogP contribution in [0.2, 0.25) is 0 Å². The van der Waals surface area contributed by atoms with Crippen molar-refractivity contribution in [2.75, 3.05) is 6.61 Å². The molecule has 1 rings (SSSR count). The van der Waals surface area contributed by atoms with Crippen LogP contribution in [-0.4, -0.2) is 27.2 Å². The van der Waals surface area contributed by atoms with Crippen molar-refractivity contribution in [3.8, 4) is 5.75 Å². The first-order valence-electron chi connectivity index (χ1n) is 11.0. The Morgan fingerprint density at radius 1 is 1.03 bits per heavy atom. The molecule has 0 heterocycles. The van der Waals surface area contributed by atoms with Crippen molar-refractivity contribution in [2.24, 2.45) is 5.92 Å². The fourth-order valence-corrected chi connectivity index (χ4v) is 5.03. The SMILES string of the molecule is CCCCC(CC)C(Cc1cc(C(C)(C)C)c(O)c(C(C)(C)C)c1)SC(=O)CO. The van der Waals surface area contributed by atoms with Gasteiger partial charge in [-0.05, 0) is 46.3 Å². The molecule has 166 valence electrons. The van der Waals surface area contributed by atoms with E-state index in [9.17, 15) is 15.0 Å². The summed E-state index contributed by atoms with van der Waals surface area (Å²) in [5, 5.41) is 20.3. The lowest BCUT2D eigenvalue weighted by atomic mass is 9.77.